The van der Waals surface area contributed by atoms with Gasteiger partial charge in [0.15, 0.2) is 0 Å². The van der Waals surface area contributed by atoms with Crippen LogP contribution in [-0.4, -0.2) is 12.1 Å². The zero-order valence-electron chi connectivity index (χ0n) is 10.7. The topological polar surface area (TPSA) is 41.5 Å². The molecule has 100 valence electrons. The summed E-state index contributed by atoms with van der Waals surface area (Å²) in [5, 5.41) is 3.87. The smallest absolute Gasteiger partial charge is 0.267 e. The maximum absolute atomic E-state index is 11.8. The van der Waals surface area contributed by atoms with Crippen molar-refractivity contribution in [3.05, 3.63) is 76.3 Å². The van der Waals surface area contributed by atoms with Crippen LogP contribution in [0.5, 0.6) is 0 Å². The minimum absolute atomic E-state index is 0.248. The van der Waals surface area contributed by atoms with Crippen LogP contribution in [0.2, 0.25) is 0 Å². The average molecular weight is 329 g/mol. The number of halogens is 1. The van der Waals surface area contributed by atoms with Crippen molar-refractivity contribution in [2.75, 3.05) is 0 Å². The van der Waals surface area contributed by atoms with E-state index in [1.165, 1.54) is 0 Å². The van der Waals surface area contributed by atoms with Gasteiger partial charge in [0.05, 0.1) is 5.56 Å². The quantitative estimate of drug-likeness (QED) is 0.671. The van der Waals surface area contributed by atoms with Crippen molar-refractivity contribution in [1.82, 2.24) is 5.43 Å². The van der Waals surface area contributed by atoms with Gasteiger partial charge in [-0.05, 0) is 39.7 Å². The van der Waals surface area contributed by atoms with Crippen LogP contribution in [0, 0.1) is 0 Å². The van der Waals surface area contributed by atoms with Crippen molar-refractivity contribution >= 4 is 34.1 Å². The average Bonchev–Trinajstić information content (AvgIpc) is 2.48. The second-order valence-electron chi connectivity index (χ2n) is 3.97. The lowest BCUT2D eigenvalue weighted by atomic mass is 10.2. The van der Waals surface area contributed by atoms with Gasteiger partial charge in [0.25, 0.3) is 5.91 Å². The molecular weight excluding hydrogens is 316 g/mol. The summed E-state index contributed by atoms with van der Waals surface area (Å²) in [7, 11) is 0. The molecule has 0 radical (unpaired) electrons. The lowest BCUT2D eigenvalue weighted by Crippen LogP contribution is -2.17. The highest BCUT2D eigenvalue weighted by molar-refractivity contribution is 9.10. The Bertz CT molecular complexity index is 636. The predicted molar refractivity (Wildman–Crippen MR) is 85.6 cm³/mol. The molecule has 0 atom stereocenters. The first-order valence-electron chi connectivity index (χ1n) is 6.07. The Morgan fingerprint density at radius 1 is 1.05 bits per heavy atom. The standard InChI is InChI=1S/C16H13BrN2O/c17-15-11-5-4-10-14(15)16(20)19-18-12-6-9-13-7-2-1-3-8-13/h1-12H,(H,19,20)/b9-6+,18-12-. The fourth-order valence-electron chi connectivity index (χ4n) is 1.56. The van der Waals surface area contributed by atoms with Crippen LogP contribution in [0.4, 0.5) is 0 Å². The second kappa shape index (κ2) is 7.40. The van der Waals surface area contributed by atoms with Gasteiger partial charge in [-0.25, -0.2) is 5.43 Å². The molecule has 1 amide bonds. The van der Waals surface area contributed by atoms with Crippen LogP contribution in [-0.2, 0) is 0 Å². The number of hydrazone groups is 1. The van der Waals surface area contributed by atoms with E-state index in [0.29, 0.717) is 5.56 Å². The Kier molecular flexibility index (Phi) is 5.26. The van der Waals surface area contributed by atoms with Crippen LogP contribution in [0.3, 0.4) is 0 Å². The van der Waals surface area contributed by atoms with E-state index in [4.69, 9.17) is 0 Å². The predicted octanol–water partition coefficient (Wildman–Crippen LogP) is 3.88. The highest BCUT2D eigenvalue weighted by Gasteiger charge is 2.06. The maximum atomic E-state index is 11.8. The molecule has 0 saturated carbocycles. The van der Waals surface area contributed by atoms with Gasteiger partial charge < -0.3 is 0 Å². The molecule has 0 aliphatic heterocycles. The van der Waals surface area contributed by atoms with Crippen LogP contribution in [0.15, 0.2) is 70.2 Å². The molecule has 20 heavy (non-hydrogen) atoms. The number of hydrogen-bond donors (Lipinski definition) is 1. The van der Waals surface area contributed by atoms with Crippen molar-refractivity contribution < 1.29 is 4.79 Å². The summed E-state index contributed by atoms with van der Waals surface area (Å²) in [6.07, 6.45) is 5.23. The molecule has 1 N–H and O–H groups in total. The summed E-state index contributed by atoms with van der Waals surface area (Å²) < 4.78 is 0.743. The molecule has 0 aromatic heterocycles. The van der Waals surface area contributed by atoms with E-state index in [2.05, 4.69) is 26.5 Å². The van der Waals surface area contributed by atoms with E-state index in [0.717, 1.165) is 10.0 Å². The molecular formula is C16H13BrN2O. The fraction of sp³-hybridized carbons (Fsp3) is 0. The van der Waals surface area contributed by atoms with Crippen LogP contribution < -0.4 is 5.43 Å². The first kappa shape index (κ1) is 14.2. The molecule has 0 saturated heterocycles. The largest absolute Gasteiger partial charge is 0.272 e. The molecule has 0 aliphatic rings. The molecule has 0 fully saturated rings. The van der Waals surface area contributed by atoms with Gasteiger partial charge in [0.2, 0.25) is 0 Å². The van der Waals surface area contributed by atoms with E-state index >= 15 is 0 Å². The summed E-state index contributed by atoms with van der Waals surface area (Å²) in [6, 6.07) is 17.1. The van der Waals surface area contributed by atoms with Crippen molar-refractivity contribution in [2.45, 2.75) is 0 Å². The zero-order valence-corrected chi connectivity index (χ0v) is 12.2. The molecule has 0 unspecified atom stereocenters. The summed E-state index contributed by atoms with van der Waals surface area (Å²) in [4.78, 5) is 11.8. The molecule has 2 rings (SSSR count). The molecule has 2 aromatic rings. The van der Waals surface area contributed by atoms with Crippen molar-refractivity contribution in [3.8, 4) is 0 Å². The molecule has 3 nitrogen and oxygen atoms in total. The third-order valence-corrected chi connectivity index (χ3v) is 3.22. The second-order valence-corrected chi connectivity index (χ2v) is 4.82. The third-order valence-electron chi connectivity index (χ3n) is 2.53. The van der Waals surface area contributed by atoms with Gasteiger partial charge in [0, 0.05) is 10.7 Å². The number of amides is 1. The Labute approximate surface area is 126 Å². The number of rotatable bonds is 4. The molecule has 0 spiro atoms. The number of hydrogen-bond acceptors (Lipinski definition) is 2. The minimum atomic E-state index is -0.248. The first-order chi connectivity index (χ1) is 9.77. The van der Waals surface area contributed by atoms with E-state index in [-0.39, 0.29) is 5.91 Å². The molecule has 4 heteroatoms. The van der Waals surface area contributed by atoms with Gasteiger partial charge in [-0.15, -0.1) is 0 Å². The Morgan fingerprint density at radius 2 is 1.75 bits per heavy atom. The Hall–Kier alpha value is -2.20. The van der Waals surface area contributed by atoms with Crippen LogP contribution in [0.1, 0.15) is 15.9 Å². The summed E-state index contributed by atoms with van der Waals surface area (Å²) in [5.74, 6) is -0.248. The van der Waals surface area contributed by atoms with Crippen LogP contribution in [0.25, 0.3) is 6.08 Å². The van der Waals surface area contributed by atoms with E-state index in [1.54, 1.807) is 24.4 Å². The van der Waals surface area contributed by atoms with E-state index in [1.807, 2.05) is 48.5 Å². The van der Waals surface area contributed by atoms with Gasteiger partial charge in [-0.3, -0.25) is 4.79 Å². The van der Waals surface area contributed by atoms with Crippen LogP contribution >= 0.6 is 15.9 Å². The molecule has 0 bridgehead atoms. The Balaban J connectivity index is 1.89. The van der Waals surface area contributed by atoms with Gasteiger partial charge in [-0.2, -0.15) is 5.10 Å². The number of carbonyl (C=O) groups is 1. The van der Waals surface area contributed by atoms with Gasteiger partial charge >= 0.3 is 0 Å². The first-order valence-corrected chi connectivity index (χ1v) is 6.86. The highest BCUT2D eigenvalue weighted by Crippen LogP contribution is 2.15. The Morgan fingerprint density at radius 3 is 2.50 bits per heavy atom. The highest BCUT2D eigenvalue weighted by atomic mass is 79.9. The lowest BCUT2D eigenvalue weighted by Gasteiger charge is -2.01. The van der Waals surface area contributed by atoms with Crippen molar-refractivity contribution in [1.29, 1.82) is 0 Å². The van der Waals surface area contributed by atoms with Crippen molar-refractivity contribution in [3.63, 3.8) is 0 Å². The molecule has 0 aliphatic carbocycles. The summed E-state index contributed by atoms with van der Waals surface area (Å²) >= 11 is 3.32. The maximum Gasteiger partial charge on any atom is 0.272 e. The zero-order chi connectivity index (χ0) is 14.2. The monoisotopic (exact) mass is 328 g/mol. The molecule has 0 heterocycles. The molecule has 2 aromatic carbocycles. The van der Waals surface area contributed by atoms with Gasteiger partial charge in [0.1, 0.15) is 0 Å². The third kappa shape index (κ3) is 4.17. The number of nitrogens with zero attached hydrogens (tertiary/aromatic N) is 1. The normalized spacial score (nSPS) is 11.1. The SMILES string of the molecule is O=C(N/N=C\C=C\c1ccccc1)c1ccccc1Br. The van der Waals surface area contributed by atoms with E-state index < -0.39 is 0 Å². The summed E-state index contributed by atoms with van der Waals surface area (Å²) in [6.45, 7) is 0. The van der Waals surface area contributed by atoms with E-state index in [9.17, 15) is 4.79 Å². The summed E-state index contributed by atoms with van der Waals surface area (Å²) in [5.41, 5.74) is 4.11. The number of benzene rings is 2. The number of allylic oxidation sites excluding steroid dienone is 1. The van der Waals surface area contributed by atoms with Gasteiger partial charge in [-0.1, -0.05) is 48.5 Å². The fourth-order valence-corrected chi connectivity index (χ4v) is 2.03. The number of nitrogens with one attached hydrogen (secondary N) is 1. The van der Waals surface area contributed by atoms with Crippen molar-refractivity contribution in [2.24, 2.45) is 5.10 Å². The minimum Gasteiger partial charge on any atom is -0.267 e. The number of carbonyl (C=O) groups excluding carboxylic acids is 1. The lowest BCUT2D eigenvalue weighted by molar-refractivity contribution is 0.0954.